The van der Waals surface area contributed by atoms with E-state index in [4.69, 9.17) is 18.5 Å². The molecule has 54 heavy (non-hydrogen) atoms. The van der Waals surface area contributed by atoms with Crippen molar-refractivity contribution in [2.45, 2.75) is 174 Å². The lowest BCUT2D eigenvalue weighted by Gasteiger charge is -2.24. The van der Waals surface area contributed by atoms with Gasteiger partial charge in [0.05, 0.1) is 27.7 Å². The van der Waals surface area contributed by atoms with Crippen molar-refractivity contribution < 1.29 is 42.1 Å². The number of carbonyl (C=O) groups is 2. The van der Waals surface area contributed by atoms with E-state index in [1.165, 1.54) is 109 Å². The minimum absolute atomic E-state index is 0.0121. The number of hydrogen-bond donors (Lipinski definition) is 1. The second-order valence-corrected chi connectivity index (χ2v) is 16.9. The zero-order valence-corrected chi connectivity index (χ0v) is 36.1. The summed E-state index contributed by atoms with van der Waals surface area (Å²) in [6, 6.07) is 0. The second-order valence-electron chi connectivity index (χ2n) is 15.4. The third-order valence-corrected chi connectivity index (χ3v) is 9.92. The Balaban J connectivity index is 4.54. The number of ether oxygens (including phenoxy) is 2. The summed E-state index contributed by atoms with van der Waals surface area (Å²) >= 11 is 0. The van der Waals surface area contributed by atoms with Crippen LogP contribution in [0.2, 0.25) is 0 Å². The SMILES string of the molecule is CCCCCCCC/C=C/C/C=C/CCCCC(=O)O[C@H](COC(=O)/C=C/C=C/CCCCCCCCCCCCC)COP(=O)(O)OCC[N+](C)(C)C. The van der Waals surface area contributed by atoms with E-state index >= 15 is 0 Å². The Morgan fingerprint density at radius 2 is 1.13 bits per heavy atom. The third-order valence-electron chi connectivity index (χ3n) is 8.94. The van der Waals surface area contributed by atoms with Crippen LogP contribution in [0.15, 0.2) is 48.6 Å². The van der Waals surface area contributed by atoms with Crippen molar-refractivity contribution in [1.82, 2.24) is 0 Å². The quantitative estimate of drug-likeness (QED) is 0.0125. The van der Waals surface area contributed by atoms with Gasteiger partial charge in [0, 0.05) is 12.5 Å². The minimum Gasteiger partial charge on any atom is -0.458 e. The van der Waals surface area contributed by atoms with Crippen LogP contribution in [0, 0.1) is 0 Å². The molecule has 10 heteroatoms. The van der Waals surface area contributed by atoms with E-state index in [2.05, 4.69) is 38.2 Å². The molecule has 0 fully saturated rings. The molecule has 2 atom stereocenters. The Hall–Kier alpha value is -2.03. The van der Waals surface area contributed by atoms with Crippen LogP contribution in [0.4, 0.5) is 0 Å². The topological polar surface area (TPSA) is 108 Å². The van der Waals surface area contributed by atoms with Crippen LogP contribution in [0.1, 0.15) is 168 Å². The Bertz CT molecular complexity index is 1070. The number of unbranched alkanes of at least 4 members (excludes halogenated alkanes) is 19. The fourth-order valence-corrected chi connectivity index (χ4v) is 6.29. The van der Waals surface area contributed by atoms with Crippen LogP contribution in [-0.4, -0.2) is 74.9 Å². The summed E-state index contributed by atoms with van der Waals surface area (Å²) in [6.45, 7) is 4.24. The fourth-order valence-electron chi connectivity index (χ4n) is 5.54. The first-order chi connectivity index (χ1) is 26.0. The molecule has 0 aliphatic rings. The standard InChI is InChI=1S/C44H80NO8P/c1-6-8-10-12-14-16-18-20-22-24-26-28-30-32-34-36-43(46)50-40-42(41-52-54(48,49)51-39-38-45(3,4)5)53-44(47)37-35-33-31-29-27-25-23-21-19-17-15-13-11-9-7-2/h21,23,27,29-30,32,34,36,42H,6-20,22,24-26,28,31,33,35,37-41H2,1-5H3/p+1/b23-21+,29-27+,32-30+,36-34+/t42-/m1/s1. The maximum Gasteiger partial charge on any atom is 0.472 e. The average Bonchev–Trinajstić information content (AvgIpc) is 3.12. The summed E-state index contributed by atoms with van der Waals surface area (Å²) in [5.41, 5.74) is 0. The van der Waals surface area contributed by atoms with Crippen LogP contribution in [-0.2, 0) is 32.7 Å². The van der Waals surface area contributed by atoms with E-state index in [9.17, 15) is 19.0 Å². The van der Waals surface area contributed by atoms with Crippen LogP contribution in [0.5, 0.6) is 0 Å². The van der Waals surface area contributed by atoms with E-state index in [0.29, 0.717) is 17.4 Å². The van der Waals surface area contributed by atoms with E-state index in [1.54, 1.807) is 6.08 Å². The van der Waals surface area contributed by atoms with Gasteiger partial charge in [-0.15, -0.1) is 0 Å². The molecule has 0 aliphatic heterocycles. The number of nitrogens with zero attached hydrogens (tertiary/aromatic N) is 1. The summed E-state index contributed by atoms with van der Waals surface area (Å²) in [5.74, 6) is -1.09. The molecule has 1 N–H and O–H groups in total. The molecule has 0 aromatic rings. The Morgan fingerprint density at radius 1 is 0.630 bits per heavy atom. The number of esters is 2. The van der Waals surface area contributed by atoms with Gasteiger partial charge in [-0.3, -0.25) is 13.8 Å². The number of phosphoric ester groups is 1. The molecule has 0 rings (SSSR count). The van der Waals surface area contributed by atoms with Gasteiger partial charge in [-0.25, -0.2) is 9.36 Å². The summed E-state index contributed by atoms with van der Waals surface area (Å²) in [7, 11) is 1.41. The smallest absolute Gasteiger partial charge is 0.458 e. The number of phosphoric acid groups is 1. The predicted octanol–water partition coefficient (Wildman–Crippen LogP) is 11.9. The predicted molar refractivity (Wildman–Crippen MR) is 224 cm³/mol. The van der Waals surface area contributed by atoms with Gasteiger partial charge >= 0.3 is 19.8 Å². The molecule has 0 aliphatic carbocycles. The molecule has 0 saturated heterocycles. The van der Waals surface area contributed by atoms with Crippen molar-refractivity contribution in [3.05, 3.63) is 48.6 Å². The van der Waals surface area contributed by atoms with Crippen molar-refractivity contribution in [1.29, 1.82) is 0 Å². The highest BCUT2D eigenvalue weighted by Gasteiger charge is 2.26. The summed E-state index contributed by atoms with van der Waals surface area (Å²) in [5, 5.41) is 0. The van der Waals surface area contributed by atoms with Crippen molar-refractivity contribution >= 4 is 19.8 Å². The summed E-state index contributed by atoms with van der Waals surface area (Å²) < 4.78 is 34.0. The van der Waals surface area contributed by atoms with Gasteiger partial charge in [0.15, 0.2) is 6.10 Å². The third kappa shape index (κ3) is 39.7. The highest BCUT2D eigenvalue weighted by Crippen LogP contribution is 2.43. The molecule has 0 amide bonds. The van der Waals surface area contributed by atoms with Gasteiger partial charge in [0.1, 0.15) is 19.8 Å². The normalized spacial score (nSPS) is 14.1. The molecule has 0 heterocycles. The molecule has 0 aromatic heterocycles. The fraction of sp³-hybridized carbons (Fsp3) is 0.773. The molecule has 314 valence electrons. The zero-order valence-electron chi connectivity index (χ0n) is 35.2. The molecule has 0 aromatic carbocycles. The van der Waals surface area contributed by atoms with Crippen molar-refractivity contribution in [2.75, 3.05) is 47.5 Å². The highest BCUT2D eigenvalue weighted by atomic mass is 31.2. The van der Waals surface area contributed by atoms with Gasteiger partial charge in [-0.2, -0.15) is 0 Å². The van der Waals surface area contributed by atoms with E-state index < -0.39 is 32.5 Å². The maximum absolute atomic E-state index is 12.6. The van der Waals surface area contributed by atoms with Gasteiger partial charge < -0.3 is 18.9 Å². The highest BCUT2D eigenvalue weighted by molar-refractivity contribution is 7.47. The van der Waals surface area contributed by atoms with Gasteiger partial charge in [-0.05, 0) is 51.4 Å². The second kappa shape index (κ2) is 36.6. The number of likely N-dealkylation sites (N-methyl/N-ethyl adjacent to an activating group) is 1. The Morgan fingerprint density at radius 3 is 1.67 bits per heavy atom. The first kappa shape index (κ1) is 52.0. The molecule has 0 spiro atoms. The first-order valence-electron chi connectivity index (χ1n) is 21.4. The van der Waals surface area contributed by atoms with Crippen molar-refractivity contribution in [3.8, 4) is 0 Å². The average molecular weight is 783 g/mol. The van der Waals surface area contributed by atoms with Gasteiger partial charge in [0.25, 0.3) is 0 Å². The van der Waals surface area contributed by atoms with Crippen LogP contribution < -0.4 is 0 Å². The lowest BCUT2D eigenvalue weighted by atomic mass is 10.1. The molecule has 0 saturated carbocycles. The maximum atomic E-state index is 12.6. The number of quaternary nitrogens is 1. The number of carbonyl (C=O) groups excluding carboxylic acids is 2. The van der Waals surface area contributed by atoms with E-state index in [-0.39, 0.29) is 19.6 Å². The van der Waals surface area contributed by atoms with E-state index in [0.717, 1.165) is 38.5 Å². The monoisotopic (exact) mass is 783 g/mol. The van der Waals surface area contributed by atoms with Crippen molar-refractivity contribution in [2.24, 2.45) is 0 Å². The van der Waals surface area contributed by atoms with Gasteiger partial charge in [-0.1, -0.05) is 153 Å². The Labute approximate surface area is 331 Å². The minimum atomic E-state index is -4.40. The number of allylic oxidation sites excluding steroid dienone is 7. The lowest BCUT2D eigenvalue weighted by molar-refractivity contribution is -0.870. The van der Waals surface area contributed by atoms with Crippen LogP contribution in [0.3, 0.4) is 0 Å². The van der Waals surface area contributed by atoms with E-state index in [1.807, 2.05) is 33.3 Å². The molecule has 1 unspecified atom stereocenters. The molecular formula is C44H81NO8P+. The summed E-state index contributed by atoms with van der Waals surface area (Å²) in [6.07, 6.45) is 42.2. The molecule has 0 radical (unpaired) electrons. The number of rotatable bonds is 38. The number of hydrogen-bond acceptors (Lipinski definition) is 7. The van der Waals surface area contributed by atoms with Crippen LogP contribution in [0.25, 0.3) is 0 Å². The van der Waals surface area contributed by atoms with Crippen molar-refractivity contribution in [3.63, 3.8) is 0 Å². The van der Waals surface area contributed by atoms with Gasteiger partial charge in [0.2, 0.25) is 0 Å². The summed E-state index contributed by atoms with van der Waals surface area (Å²) in [4.78, 5) is 35.2. The molecular weight excluding hydrogens is 701 g/mol. The molecule has 9 nitrogen and oxygen atoms in total. The zero-order chi connectivity index (χ0) is 40.0. The Kier molecular flexibility index (Phi) is 35.2. The largest absolute Gasteiger partial charge is 0.472 e. The first-order valence-corrected chi connectivity index (χ1v) is 22.9. The molecule has 0 bridgehead atoms. The lowest BCUT2D eigenvalue weighted by Crippen LogP contribution is -2.37. The van der Waals surface area contributed by atoms with Crippen LogP contribution >= 0.6 is 7.82 Å².